The zero-order valence-corrected chi connectivity index (χ0v) is 8.90. The third-order valence-electron chi connectivity index (χ3n) is 2.88. The summed E-state index contributed by atoms with van der Waals surface area (Å²) in [6.07, 6.45) is 5.32. The number of aromatic nitrogens is 2. The summed E-state index contributed by atoms with van der Waals surface area (Å²) < 4.78 is 5.71. The van der Waals surface area contributed by atoms with Gasteiger partial charge in [-0.15, -0.1) is 0 Å². The van der Waals surface area contributed by atoms with E-state index in [4.69, 9.17) is 4.74 Å². The number of nitrogens with zero attached hydrogens (tertiary/aromatic N) is 2. The van der Waals surface area contributed by atoms with Crippen molar-refractivity contribution >= 4 is 5.95 Å². The summed E-state index contributed by atoms with van der Waals surface area (Å²) in [5, 5.41) is 0. The molecule has 0 aromatic carbocycles. The maximum atomic E-state index is 5.71. The predicted octanol–water partition coefficient (Wildman–Crippen LogP) is 1.41. The molecule has 1 aromatic heterocycles. The minimum Gasteiger partial charge on any atom is -0.373 e. The summed E-state index contributed by atoms with van der Waals surface area (Å²) in [6, 6.07) is 0.427. The first-order chi connectivity index (χ1) is 6.68. The Morgan fingerprint density at radius 1 is 1.57 bits per heavy atom. The van der Waals surface area contributed by atoms with E-state index in [0.29, 0.717) is 12.1 Å². The van der Waals surface area contributed by atoms with E-state index >= 15 is 0 Å². The van der Waals surface area contributed by atoms with Crippen molar-refractivity contribution < 1.29 is 4.74 Å². The fourth-order valence-electron chi connectivity index (χ4n) is 2.12. The predicted molar refractivity (Wildman–Crippen MR) is 55.4 cm³/mol. The molecule has 78 valence electrons. The molecule has 3 atom stereocenters. The standard InChI is InChI=1S/C10H17N3O/c1-7-6-9(8(2)14-7)13(3)10-11-4-5-12-10/h4-5,7-9H,6H2,1-3H3,(H,11,12). The Bertz CT molecular complexity index is 286. The molecule has 0 saturated carbocycles. The molecule has 1 N–H and O–H groups in total. The minimum absolute atomic E-state index is 0.278. The number of anilines is 1. The van der Waals surface area contributed by atoms with Gasteiger partial charge in [-0.3, -0.25) is 0 Å². The molecule has 0 radical (unpaired) electrons. The molecule has 0 aliphatic carbocycles. The fraction of sp³-hybridized carbons (Fsp3) is 0.700. The van der Waals surface area contributed by atoms with Crippen molar-refractivity contribution in [2.75, 3.05) is 11.9 Å². The Morgan fingerprint density at radius 2 is 2.36 bits per heavy atom. The van der Waals surface area contributed by atoms with E-state index in [0.717, 1.165) is 12.4 Å². The van der Waals surface area contributed by atoms with Gasteiger partial charge in [0.25, 0.3) is 0 Å². The van der Waals surface area contributed by atoms with Crippen LogP contribution in [0.25, 0.3) is 0 Å². The third kappa shape index (κ3) is 1.62. The van der Waals surface area contributed by atoms with Crippen molar-refractivity contribution in [1.82, 2.24) is 9.97 Å². The molecule has 1 aliphatic heterocycles. The number of hydrogen-bond donors (Lipinski definition) is 1. The average molecular weight is 195 g/mol. The number of likely N-dealkylation sites (N-methyl/N-ethyl adjacent to an activating group) is 1. The van der Waals surface area contributed by atoms with Gasteiger partial charge in [-0.05, 0) is 20.3 Å². The number of aromatic amines is 1. The molecule has 3 unspecified atom stereocenters. The van der Waals surface area contributed by atoms with Crippen LogP contribution in [-0.2, 0) is 4.74 Å². The molecular formula is C10H17N3O. The van der Waals surface area contributed by atoms with Gasteiger partial charge < -0.3 is 14.6 Å². The molecule has 0 amide bonds. The van der Waals surface area contributed by atoms with Crippen LogP contribution in [0.1, 0.15) is 20.3 Å². The van der Waals surface area contributed by atoms with E-state index in [-0.39, 0.29) is 6.10 Å². The first kappa shape index (κ1) is 9.52. The molecule has 1 fully saturated rings. The van der Waals surface area contributed by atoms with Crippen molar-refractivity contribution in [3.05, 3.63) is 12.4 Å². The van der Waals surface area contributed by atoms with Gasteiger partial charge in [-0.25, -0.2) is 4.98 Å². The highest BCUT2D eigenvalue weighted by Gasteiger charge is 2.33. The Labute approximate surface area is 84.3 Å². The van der Waals surface area contributed by atoms with Crippen LogP contribution in [0, 0.1) is 0 Å². The first-order valence-electron chi connectivity index (χ1n) is 5.06. The molecule has 2 rings (SSSR count). The van der Waals surface area contributed by atoms with Crippen molar-refractivity contribution in [3.63, 3.8) is 0 Å². The van der Waals surface area contributed by atoms with Crippen molar-refractivity contribution in [2.45, 2.75) is 38.5 Å². The lowest BCUT2D eigenvalue weighted by atomic mass is 10.1. The van der Waals surface area contributed by atoms with Crippen molar-refractivity contribution in [3.8, 4) is 0 Å². The Hall–Kier alpha value is -1.03. The lowest BCUT2D eigenvalue weighted by molar-refractivity contribution is 0.0632. The monoisotopic (exact) mass is 195 g/mol. The maximum Gasteiger partial charge on any atom is 0.202 e. The highest BCUT2D eigenvalue weighted by atomic mass is 16.5. The molecule has 0 bridgehead atoms. The van der Waals surface area contributed by atoms with Crippen LogP contribution in [0.3, 0.4) is 0 Å². The third-order valence-corrected chi connectivity index (χ3v) is 2.88. The second-order valence-corrected chi connectivity index (χ2v) is 3.98. The Morgan fingerprint density at radius 3 is 2.86 bits per heavy atom. The highest BCUT2D eigenvalue weighted by molar-refractivity contribution is 5.30. The fourth-order valence-corrected chi connectivity index (χ4v) is 2.12. The van der Waals surface area contributed by atoms with Gasteiger partial charge in [0.15, 0.2) is 0 Å². The number of hydrogen-bond acceptors (Lipinski definition) is 3. The van der Waals surface area contributed by atoms with E-state index in [1.165, 1.54) is 0 Å². The van der Waals surface area contributed by atoms with Crippen LogP contribution in [0.15, 0.2) is 12.4 Å². The molecule has 2 heterocycles. The van der Waals surface area contributed by atoms with Gasteiger partial charge in [0.1, 0.15) is 0 Å². The van der Waals surface area contributed by atoms with Crippen molar-refractivity contribution in [2.24, 2.45) is 0 Å². The summed E-state index contributed by atoms with van der Waals surface area (Å²) in [4.78, 5) is 9.50. The normalized spacial score (nSPS) is 32.1. The largest absolute Gasteiger partial charge is 0.373 e. The summed E-state index contributed by atoms with van der Waals surface area (Å²) in [7, 11) is 2.06. The minimum atomic E-state index is 0.278. The average Bonchev–Trinajstić information content (AvgIpc) is 2.73. The van der Waals surface area contributed by atoms with Gasteiger partial charge in [-0.2, -0.15) is 0 Å². The smallest absolute Gasteiger partial charge is 0.202 e. The number of H-pyrrole nitrogens is 1. The topological polar surface area (TPSA) is 41.2 Å². The van der Waals surface area contributed by atoms with E-state index in [9.17, 15) is 0 Å². The zero-order chi connectivity index (χ0) is 10.1. The Balaban J connectivity index is 2.08. The summed E-state index contributed by atoms with van der Waals surface area (Å²) in [5.74, 6) is 0.916. The first-order valence-corrected chi connectivity index (χ1v) is 5.06. The van der Waals surface area contributed by atoms with Gasteiger partial charge in [0.05, 0.1) is 18.2 Å². The second-order valence-electron chi connectivity index (χ2n) is 3.98. The van der Waals surface area contributed by atoms with Crippen molar-refractivity contribution in [1.29, 1.82) is 0 Å². The van der Waals surface area contributed by atoms with E-state index in [1.807, 2.05) is 6.20 Å². The molecule has 1 aromatic rings. The number of rotatable bonds is 2. The molecular weight excluding hydrogens is 178 g/mol. The van der Waals surface area contributed by atoms with Crippen LogP contribution >= 0.6 is 0 Å². The summed E-state index contributed by atoms with van der Waals surface area (Å²) in [6.45, 7) is 4.24. The van der Waals surface area contributed by atoms with Crippen LogP contribution in [-0.4, -0.2) is 35.3 Å². The zero-order valence-electron chi connectivity index (χ0n) is 8.90. The van der Waals surface area contributed by atoms with Gasteiger partial charge >= 0.3 is 0 Å². The van der Waals surface area contributed by atoms with E-state index in [1.54, 1.807) is 6.20 Å². The van der Waals surface area contributed by atoms with Crippen LogP contribution in [0.2, 0.25) is 0 Å². The highest BCUT2D eigenvalue weighted by Crippen LogP contribution is 2.25. The van der Waals surface area contributed by atoms with Gasteiger partial charge in [-0.1, -0.05) is 0 Å². The summed E-state index contributed by atoms with van der Waals surface area (Å²) >= 11 is 0. The number of ether oxygens (including phenoxy) is 1. The van der Waals surface area contributed by atoms with Gasteiger partial charge in [0, 0.05) is 19.4 Å². The molecule has 14 heavy (non-hydrogen) atoms. The van der Waals surface area contributed by atoms with E-state index < -0.39 is 0 Å². The molecule has 1 aliphatic rings. The Kier molecular flexibility index (Phi) is 2.46. The molecule has 0 spiro atoms. The number of nitrogens with one attached hydrogen (secondary N) is 1. The summed E-state index contributed by atoms with van der Waals surface area (Å²) in [5.41, 5.74) is 0. The van der Waals surface area contributed by atoms with Crippen LogP contribution < -0.4 is 4.90 Å². The molecule has 4 nitrogen and oxygen atoms in total. The van der Waals surface area contributed by atoms with Gasteiger partial charge in [0.2, 0.25) is 5.95 Å². The second kappa shape index (κ2) is 3.61. The lowest BCUT2D eigenvalue weighted by Gasteiger charge is -2.25. The van der Waals surface area contributed by atoms with Crippen LogP contribution in [0.4, 0.5) is 5.95 Å². The maximum absolute atomic E-state index is 5.71. The quantitative estimate of drug-likeness (QED) is 0.775. The molecule has 1 saturated heterocycles. The number of imidazole rings is 1. The lowest BCUT2D eigenvalue weighted by Crippen LogP contribution is -2.37. The van der Waals surface area contributed by atoms with Crippen LogP contribution in [0.5, 0.6) is 0 Å². The SMILES string of the molecule is CC1CC(N(C)c2ncc[nH]2)C(C)O1. The molecule has 4 heteroatoms. The van der Waals surface area contributed by atoms with E-state index in [2.05, 4.69) is 35.8 Å².